The van der Waals surface area contributed by atoms with Crippen LogP contribution in [0.25, 0.3) is 16.9 Å². The minimum absolute atomic E-state index is 0.142. The summed E-state index contributed by atoms with van der Waals surface area (Å²) >= 11 is 0. The first-order chi connectivity index (χ1) is 12.8. The first-order valence-electron chi connectivity index (χ1n) is 9.03. The van der Waals surface area contributed by atoms with Crippen molar-refractivity contribution in [3.8, 4) is 11.3 Å². The van der Waals surface area contributed by atoms with E-state index in [1.165, 1.54) is 11.1 Å². The van der Waals surface area contributed by atoms with Crippen molar-refractivity contribution in [1.29, 1.82) is 0 Å². The van der Waals surface area contributed by atoms with Gasteiger partial charge in [0.2, 0.25) is 5.65 Å². The Bertz CT molecular complexity index is 1160. The van der Waals surface area contributed by atoms with E-state index in [-0.39, 0.29) is 11.5 Å². The SMILES string of the molecule is CCC(c1ccccc1)C1c2ccccc2-c2[nH]c(=O)c3nccn3c21. The summed E-state index contributed by atoms with van der Waals surface area (Å²) in [5.41, 5.74) is 6.10. The number of nitrogens with zero attached hydrogens (tertiary/aromatic N) is 2. The van der Waals surface area contributed by atoms with Crippen molar-refractivity contribution in [3.63, 3.8) is 0 Å². The first kappa shape index (κ1) is 15.1. The Morgan fingerprint density at radius 1 is 1.12 bits per heavy atom. The number of benzene rings is 2. The molecule has 5 rings (SSSR count). The van der Waals surface area contributed by atoms with Crippen LogP contribution in [0.4, 0.5) is 0 Å². The second-order valence-corrected chi connectivity index (χ2v) is 6.83. The second kappa shape index (κ2) is 5.70. The molecule has 2 aromatic heterocycles. The van der Waals surface area contributed by atoms with Gasteiger partial charge in [0.1, 0.15) is 0 Å². The molecule has 2 unspecified atom stereocenters. The molecule has 1 aliphatic carbocycles. The van der Waals surface area contributed by atoms with Gasteiger partial charge in [-0.1, -0.05) is 61.5 Å². The van der Waals surface area contributed by atoms with Gasteiger partial charge in [0, 0.05) is 23.9 Å². The average Bonchev–Trinajstić information content (AvgIpc) is 3.28. The predicted molar refractivity (Wildman–Crippen MR) is 103 cm³/mol. The topological polar surface area (TPSA) is 50.2 Å². The lowest BCUT2D eigenvalue weighted by molar-refractivity contribution is 0.579. The van der Waals surface area contributed by atoms with Crippen molar-refractivity contribution in [2.24, 2.45) is 0 Å². The molecule has 0 amide bonds. The summed E-state index contributed by atoms with van der Waals surface area (Å²) in [7, 11) is 0. The Hall–Kier alpha value is -3.14. The number of rotatable bonds is 3. The highest BCUT2D eigenvalue weighted by atomic mass is 16.1. The number of imidazole rings is 1. The molecule has 2 aromatic carbocycles. The molecule has 0 saturated carbocycles. The van der Waals surface area contributed by atoms with Gasteiger partial charge >= 0.3 is 0 Å². The Morgan fingerprint density at radius 3 is 2.69 bits per heavy atom. The van der Waals surface area contributed by atoms with Gasteiger partial charge in [-0.3, -0.25) is 9.20 Å². The molecule has 1 N–H and O–H groups in total. The zero-order chi connectivity index (χ0) is 17.7. The average molecular weight is 341 g/mol. The Kier molecular flexibility index (Phi) is 3.32. The number of aromatic nitrogens is 3. The van der Waals surface area contributed by atoms with Gasteiger partial charge in [0.25, 0.3) is 5.56 Å². The van der Waals surface area contributed by atoms with E-state index in [1.54, 1.807) is 6.20 Å². The van der Waals surface area contributed by atoms with E-state index < -0.39 is 0 Å². The molecule has 0 radical (unpaired) electrons. The number of hydrogen-bond donors (Lipinski definition) is 1. The smallest absolute Gasteiger partial charge is 0.292 e. The van der Waals surface area contributed by atoms with Gasteiger partial charge in [-0.15, -0.1) is 0 Å². The van der Waals surface area contributed by atoms with E-state index in [2.05, 4.69) is 65.4 Å². The monoisotopic (exact) mass is 341 g/mol. The molecular weight excluding hydrogens is 322 g/mol. The molecule has 0 saturated heterocycles. The highest BCUT2D eigenvalue weighted by Gasteiger charge is 2.37. The van der Waals surface area contributed by atoms with Gasteiger partial charge in [-0.2, -0.15) is 0 Å². The van der Waals surface area contributed by atoms with E-state index in [4.69, 9.17) is 0 Å². The molecule has 0 aliphatic heterocycles. The zero-order valence-corrected chi connectivity index (χ0v) is 14.5. The van der Waals surface area contributed by atoms with Gasteiger partial charge in [-0.05, 0) is 23.5 Å². The maximum atomic E-state index is 12.5. The summed E-state index contributed by atoms with van der Waals surface area (Å²) in [6, 6.07) is 19.1. The highest BCUT2D eigenvalue weighted by molar-refractivity contribution is 5.76. The molecule has 1 aliphatic rings. The van der Waals surface area contributed by atoms with Crippen LogP contribution >= 0.6 is 0 Å². The number of nitrogens with one attached hydrogen (secondary N) is 1. The molecule has 26 heavy (non-hydrogen) atoms. The normalized spacial score (nSPS) is 16.4. The summed E-state index contributed by atoms with van der Waals surface area (Å²) in [6.45, 7) is 2.23. The van der Waals surface area contributed by atoms with Crippen LogP contribution in [0.15, 0.2) is 71.8 Å². The van der Waals surface area contributed by atoms with Crippen LogP contribution in [0.3, 0.4) is 0 Å². The lowest BCUT2D eigenvalue weighted by Crippen LogP contribution is -2.18. The van der Waals surface area contributed by atoms with Crippen molar-refractivity contribution in [3.05, 3.63) is 94.2 Å². The molecule has 2 heterocycles. The third kappa shape index (κ3) is 2.02. The van der Waals surface area contributed by atoms with Crippen molar-refractivity contribution in [2.75, 3.05) is 0 Å². The lowest BCUT2D eigenvalue weighted by atomic mass is 9.80. The minimum Gasteiger partial charge on any atom is -0.317 e. The summed E-state index contributed by atoms with van der Waals surface area (Å²) in [5.74, 6) is 0.511. The third-order valence-corrected chi connectivity index (χ3v) is 5.53. The number of aromatic amines is 1. The van der Waals surface area contributed by atoms with Gasteiger partial charge in [0.15, 0.2) is 0 Å². The zero-order valence-electron chi connectivity index (χ0n) is 14.5. The summed E-state index contributed by atoms with van der Waals surface area (Å²) in [5, 5.41) is 0. The summed E-state index contributed by atoms with van der Waals surface area (Å²) < 4.78 is 1.98. The van der Waals surface area contributed by atoms with Crippen molar-refractivity contribution in [1.82, 2.24) is 14.4 Å². The van der Waals surface area contributed by atoms with Crippen LogP contribution in [-0.2, 0) is 0 Å². The van der Waals surface area contributed by atoms with Crippen LogP contribution in [0.1, 0.15) is 42.0 Å². The van der Waals surface area contributed by atoms with Crippen molar-refractivity contribution >= 4 is 5.65 Å². The maximum absolute atomic E-state index is 12.5. The summed E-state index contributed by atoms with van der Waals surface area (Å²) in [4.78, 5) is 19.9. The van der Waals surface area contributed by atoms with E-state index in [0.29, 0.717) is 11.6 Å². The van der Waals surface area contributed by atoms with E-state index >= 15 is 0 Å². The van der Waals surface area contributed by atoms with Gasteiger partial charge in [0.05, 0.1) is 11.4 Å². The summed E-state index contributed by atoms with van der Waals surface area (Å²) in [6.07, 6.45) is 4.62. The molecule has 128 valence electrons. The Labute approximate surface area is 151 Å². The van der Waals surface area contributed by atoms with Crippen LogP contribution in [0.5, 0.6) is 0 Å². The molecule has 4 nitrogen and oxygen atoms in total. The minimum atomic E-state index is -0.142. The Balaban J connectivity index is 1.84. The molecular formula is C22H19N3O. The lowest BCUT2D eigenvalue weighted by Gasteiger charge is -2.25. The maximum Gasteiger partial charge on any atom is 0.292 e. The van der Waals surface area contributed by atoms with Crippen LogP contribution in [-0.4, -0.2) is 14.4 Å². The molecule has 0 bridgehead atoms. The molecule has 2 atom stereocenters. The van der Waals surface area contributed by atoms with E-state index in [1.807, 2.05) is 16.7 Å². The fourth-order valence-electron chi connectivity index (χ4n) is 4.44. The van der Waals surface area contributed by atoms with Crippen molar-refractivity contribution in [2.45, 2.75) is 25.2 Å². The second-order valence-electron chi connectivity index (χ2n) is 6.83. The largest absolute Gasteiger partial charge is 0.317 e. The van der Waals surface area contributed by atoms with Gasteiger partial charge in [-0.25, -0.2) is 4.98 Å². The van der Waals surface area contributed by atoms with Crippen LogP contribution in [0.2, 0.25) is 0 Å². The van der Waals surface area contributed by atoms with E-state index in [0.717, 1.165) is 23.4 Å². The quantitative estimate of drug-likeness (QED) is 0.603. The van der Waals surface area contributed by atoms with Crippen LogP contribution < -0.4 is 5.56 Å². The van der Waals surface area contributed by atoms with Crippen LogP contribution in [0, 0.1) is 0 Å². The highest BCUT2D eigenvalue weighted by Crippen LogP contribution is 2.50. The number of H-pyrrole nitrogens is 1. The Morgan fingerprint density at radius 2 is 1.88 bits per heavy atom. The first-order valence-corrected chi connectivity index (χ1v) is 9.03. The standard InChI is InChI=1S/C22H19N3O/c1-2-15(14-8-4-3-5-9-14)18-16-10-6-7-11-17(16)19-20(18)25-13-12-23-21(25)22(26)24-19/h3-13,15,18H,2H2,1H3,(H,24,26). The fourth-order valence-corrected chi connectivity index (χ4v) is 4.44. The fraction of sp³-hybridized carbons (Fsp3) is 0.182. The third-order valence-electron chi connectivity index (χ3n) is 5.53. The number of hydrogen-bond acceptors (Lipinski definition) is 2. The van der Waals surface area contributed by atoms with E-state index in [9.17, 15) is 4.79 Å². The molecule has 4 aromatic rings. The molecule has 0 fully saturated rings. The predicted octanol–water partition coefficient (Wildman–Crippen LogP) is 4.33. The van der Waals surface area contributed by atoms with Crippen molar-refractivity contribution < 1.29 is 0 Å². The number of fused-ring (bicyclic) bond motifs is 5. The molecule has 0 spiro atoms. The van der Waals surface area contributed by atoms with Gasteiger partial charge < -0.3 is 4.98 Å². The molecule has 4 heteroatoms.